The molecule has 25 heavy (non-hydrogen) atoms. The molecule has 2 heterocycles. The molecule has 2 aromatic heterocycles. The molecule has 0 aliphatic heterocycles. The minimum absolute atomic E-state index is 0.117. The zero-order valence-electron chi connectivity index (χ0n) is 13.1. The molecule has 0 spiro atoms. The van der Waals surface area contributed by atoms with Crippen LogP contribution in [0.5, 0.6) is 0 Å². The zero-order chi connectivity index (χ0) is 17.2. The minimum atomic E-state index is -0.328. The molecule has 0 radical (unpaired) electrons. The third kappa shape index (κ3) is 2.99. The van der Waals surface area contributed by atoms with E-state index in [1.54, 1.807) is 23.8 Å². The van der Waals surface area contributed by atoms with Gasteiger partial charge in [-0.15, -0.1) is 11.3 Å². The number of hydrogen-bond donors (Lipinski definition) is 2. The lowest BCUT2D eigenvalue weighted by Gasteiger charge is -2.06. The predicted molar refractivity (Wildman–Crippen MR) is 97.4 cm³/mol. The molecule has 2 N–H and O–H groups in total. The Bertz CT molecular complexity index is 1070. The molecular weight excluding hydrogens is 336 g/mol. The van der Waals surface area contributed by atoms with E-state index in [-0.39, 0.29) is 18.2 Å². The van der Waals surface area contributed by atoms with Crippen LogP contribution in [-0.4, -0.2) is 11.8 Å². The Balaban J connectivity index is 1.53. The van der Waals surface area contributed by atoms with Crippen molar-refractivity contribution in [1.82, 2.24) is 10.9 Å². The van der Waals surface area contributed by atoms with Crippen LogP contribution >= 0.6 is 11.3 Å². The van der Waals surface area contributed by atoms with Crippen molar-refractivity contribution < 1.29 is 14.0 Å². The fourth-order valence-corrected chi connectivity index (χ4v) is 3.44. The molecule has 0 aliphatic rings. The lowest BCUT2D eigenvalue weighted by atomic mass is 10.0. The number of hydrazine groups is 1. The summed E-state index contributed by atoms with van der Waals surface area (Å²) in [7, 11) is 0. The van der Waals surface area contributed by atoms with Crippen molar-refractivity contribution in [3.8, 4) is 0 Å². The molecule has 4 aromatic rings. The number of carbonyl (C=O) groups is 2. The van der Waals surface area contributed by atoms with Crippen LogP contribution in [0.4, 0.5) is 0 Å². The van der Waals surface area contributed by atoms with Crippen LogP contribution in [-0.2, 0) is 11.2 Å². The second kappa shape index (κ2) is 6.41. The van der Waals surface area contributed by atoms with Crippen molar-refractivity contribution in [3.05, 3.63) is 70.6 Å². The first-order chi connectivity index (χ1) is 12.2. The molecular formula is C19H14N2O3S. The van der Waals surface area contributed by atoms with Gasteiger partial charge in [0.05, 0.1) is 17.6 Å². The van der Waals surface area contributed by atoms with Crippen LogP contribution < -0.4 is 10.9 Å². The highest BCUT2D eigenvalue weighted by Crippen LogP contribution is 2.30. The van der Waals surface area contributed by atoms with Crippen molar-refractivity contribution in [1.29, 1.82) is 0 Å². The highest BCUT2D eigenvalue weighted by Gasteiger charge is 2.14. The van der Waals surface area contributed by atoms with E-state index in [0.717, 1.165) is 27.3 Å². The summed E-state index contributed by atoms with van der Waals surface area (Å²) in [6.45, 7) is 0. The number of amides is 2. The summed E-state index contributed by atoms with van der Waals surface area (Å²) >= 11 is 1.31. The van der Waals surface area contributed by atoms with E-state index >= 15 is 0 Å². The van der Waals surface area contributed by atoms with E-state index in [1.807, 2.05) is 36.4 Å². The highest BCUT2D eigenvalue weighted by molar-refractivity contribution is 7.12. The van der Waals surface area contributed by atoms with Gasteiger partial charge in [0.15, 0.2) is 0 Å². The topological polar surface area (TPSA) is 71.3 Å². The summed E-state index contributed by atoms with van der Waals surface area (Å²) in [6, 6.07) is 15.3. The second-order valence-corrected chi connectivity index (χ2v) is 6.52. The van der Waals surface area contributed by atoms with E-state index in [0.29, 0.717) is 4.88 Å². The number of furan rings is 1. The van der Waals surface area contributed by atoms with Crippen LogP contribution in [0, 0.1) is 0 Å². The Morgan fingerprint density at radius 2 is 1.88 bits per heavy atom. The smallest absolute Gasteiger partial charge is 0.279 e. The Morgan fingerprint density at radius 3 is 2.72 bits per heavy atom. The second-order valence-electron chi connectivity index (χ2n) is 5.58. The SMILES string of the molecule is O=C(Cc1coc2ccc3ccccc3c12)NNC(=O)c1cccs1. The summed E-state index contributed by atoms with van der Waals surface area (Å²) in [5, 5.41) is 4.86. The molecule has 5 nitrogen and oxygen atoms in total. The van der Waals surface area contributed by atoms with Gasteiger partial charge in [-0.25, -0.2) is 0 Å². The van der Waals surface area contributed by atoms with Crippen molar-refractivity contribution in [2.24, 2.45) is 0 Å². The average molecular weight is 350 g/mol. The normalized spacial score (nSPS) is 10.9. The van der Waals surface area contributed by atoms with Gasteiger partial charge < -0.3 is 4.42 Å². The number of benzene rings is 2. The Morgan fingerprint density at radius 1 is 1.00 bits per heavy atom. The summed E-state index contributed by atoms with van der Waals surface area (Å²) < 4.78 is 5.58. The summed E-state index contributed by atoms with van der Waals surface area (Å²) in [5.74, 6) is -0.633. The fraction of sp³-hybridized carbons (Fsp3) is 0.0526. The first-order valence-corrected chi connectivity index (χ1v) is 8.61. The molecule has 2 amide bonds. The molecule has 0 bridgehead atoms. The maximum Gasteiger partial charge on any atom is 0.279 e. The van der Waals surface area contributed by atoms with Gasteiger partial charge in [-0.3, -0.25) is 20.4 Å². The van der Waals surface area contributed by atoms with Crippen LogP contribution in [0.25, 0.3) is 21.7 Å². The highest BCUT2D eigenvalue weighted by atomic mass is 32.1. The monoisotopic (exact) mass is 350 g/mol. The molecule has 0 saturated heterocycles. The number of nitrogens with one attached hydrogen (secondary N) is 2. The van der Waals surface area contributed by atoms with E-state index in [2.05, 4.69) is 10.9 Å². The van der Waals surface area contributed by atoms with E-state index in [1.165, 1.54) is 11.3 Å². The zero-order valence-corrected chi connectivity index (χ0v) is 13.9. The number of thiophene rings is 1. The van der Waals surface area contributed by atoms with Gasteiger partial charge in [0.2, 0.25) is 5.91 Å². The average Bonchev–Trinajstić information content (AvgIpc) is 3.30. The maximum absolute atomic E-state index is 12.2. The summed E-state index contributed by atoms with van der Waals surface area (Å²) in [6.07, 6.45) is 1.71. The fourth-order valence-electron chi connectivity index (χ4n) is 2.82. The molecule has 0 saturated carbocycles. The van der Waals surface area contributed by atoms with Gasteiger partial charge in [0.1, 0.15) is 5.58 Å². The molecule has 6 heteroatoms. The standard InChI is InChI=1S/C19H14N2O3S/c22-17(20-21-19(23)16-6-3-9-25-16)10-13-11-24-15-8-7-12-4-1-2-5-14(12)18(13)15/h1-9,11H,10H2,(H,20,22)(H,21,23). The quantitative estimate of drug-likeness (QED) is 0.554. The number of carbonyl (C=O) groups excluding carboxylic acids is 2. The molecule has 124 valence electrons. The van der Waals surface area contributed by atoms with Crippen LogP contribution in [0.15, 0.2) is 64.6 Å². The lowest BCUT2D eigenvalue weighted by Crippen LogP contribution is -2.42. The van der Waals surface area contributed by atoms with Gasteiger partial charge in [-0.2, -0.15) is 0 Å². The van der Waals surface area contributed by atoms with Gasteiger partial charge in [0.25, 0.3) is 5.91 Å². The molecule has 0 aliphatic carbocycles. The molecule has 0 unspecified atom stereocenters. The first kappa shape index (κ1) is 15.4. The first-order valence-electron chi connectivity index (χ1n) is 7.73. The molecule has 2 aromatic carbocycles. The van der Waals surface area contributed by atoms with Crippen LogP contribution in [0.1, 0.15) is 15.2 Å². The minimum Gasteiger partial charge on any atom is -0.464 e. The number of fused-ring (bicyclic) bond motifs is 3. The largest absolute Gasteiger partial charge is 0.464 e. The summed E-state index contributed by atoms with van der Waals surface area (Å²) in [4.78, 5) is 24.6. The van der Waals surface area contributed by atoms with Crippen molar-refractivity contribution in [2.45, 2.75) is 6.42 Å². The van der Waals surface area contributed by atoms with Crippen molar-refractivity contribution in [3.63, 3.8) is 0 Å². The van der Waals surface area contributed by atoms with E-state index in [4.69, 9.17) is 4.42 Å². The Kier molecular flexibility index (Phi) is 3.95. The maximum atomic E-state index is 12.2. The molecule has 0 fully saturated rings. The van der Waals surface area contributed by atoms with Gasteiger partial charge in [-0.05, 0) is 28.3 Å². The van der Waals surface area contributed by atoms with Crippen LogP contribution in [0.2, 0.25) is 0 Å². The van der Waals surface area contributed by atoms with Gasteiger partial charge in [0, 0.05) is 10.9 Å². The lowest BCUT2D eigenvalue weighted by molar-refractivity contribution is -0.121. The van der Waals surface area contributed by atoms with Crippen molar-refractivity contribution in [2.75, 3.05) is 0 Å². The van der Waals surface area contributed by atoms with E-state index in [9.17, 15) is 9.59 Å². The Hall–Kier alpha value is -3.12. The van der Waals surface area contributed by atoms with Gasteiger partial charge in [-0.1, -0.05) is 36.4 Å². The number of rotatable bonds is 3. The predicted octanol–water partition coefficient (Wildman–Crippen LogP) is 3.65. The van der Waals surface area contributed by atoms with E-state index < -0.39 is 0 Å². The third-order valence-corrected chi connectivity index (χ3v) is 4.82. The molecule has 4 rings (SSSR count). The van der Waals surface area contributed by atoms with Crippen LogP contribution in [0.3, 0.4) is 0 Å². The third-order valence-electron chi connectivity index (χ3n) is 3.95. The molecule has 0 atom stereocenters. The Labute approximate surface area is 147 Å². The van der Waals surface area contributed by atoms with Gasteiger partial charge >= 0.3 is 0 Å². The van der Waals surface area contributed by atoms with Crippen molar-refractivity contribution >= 4 is 44.9 Å². The summed E-state index contributed by atoms with van der Waals surface area (Å²) in [5.41, 5.74) is 6.40. The number of hydrogen-bond acceptors (Lipinski definition) is 4.